The average Bonchev–Trinajstić information content (AvgIpc) is 2.49. The van der Waals surface area contributed by atoms with Crippen LogP contribution in [0.5, 0.6) is 5.75 Å². The monoisotopic (exact) mass is 294 g/mol. The second-order valence-corrected chi connectivity index (χ2v) is 5.34. The number of rotatable bonds is 10. The van der Waals surface area contributed by atoms with Crippen LogP contribution in [0.2, 0.25) is 0 Å². The van der Waals surface area contributed by atoms with Crippen molar-refractivity contribution in [3.05, 3.63) is 29.8 Å². The van der Waals surface area contributed by atoms with Gasteiger partial charge in [-0.3, -0.25) is 4.79 Å². The maximum absolute atomic E-state index is 11.6. The van der Waals surface area contributed by atoms with Crippen LogP contribution < -0.4 is 15.8 Å². The number of aliphatic hydroxyl groups excluding tert-OH is 1. The zero-order valence-electron chi connectivity index (χ0n) is 12.9. The van der Waals surface area contributed by atoms with Gasteiger partial charge in [-0.25, -0.2) is 0 Å². The fourth-order valence-electron chi connectivity index (χ4n) is 2.08. The Bertz CT molecular complexity index is 451. The molecule has 1 aromatic rings. The van der Waals surface area contributed by atoms with Gasteiger partial charge in [0.05, 0.1) is 18.8 Å². The van der Waals surface area contributed by atoms with Crippen LogP contribution >= 0.6 is 0 Å². The molecule has 0 saturated carbocycles. The molecule has 1 amide bonds. The number of amides is 1. The summed E-state index contributed by atoms with van der Waals surface area (Å²) in [4.78, 5) is 11.6. The summed E-state index contributed by atoms with van der Waals surface area (Å²) < 4.78 is 5.67. The summed E-state index contributed by atoms with van der Waals surface area (Å²) in [7, 11) is 0. The van der Waals surface area contributed by atoms with Crippen molar-refractivity contribution in [3.63, 3.8) is 0 Å². The lowest BCUT2D eigenvalue weighted by atomic mass is 9.95. The van der Waals surface area contributed by atoms with Crippen molar-refractivity contribution >= 4 is 5.91 Å². The molecule has 5 heteroatoms. The maximum atomic E-state index is 11.6. The van der Waals surface area contributed by atoms with E-state index in [0.717, 1.165) is 18.5 Å². The number of benzene rings is 1. The number of hydrogen-bond acceptors (Lipinski definition) is 4. The fourth-order valence-corrected chi connectivity index (χ4v) is 2.08. The van der Waals surface area contributed by atoms with Gasteiger partial charge in [0.2, 0.25) is 5.91 Å². The zero-order chi connectivity index (χ0) is 15.7. The second-order valence-electron chi connectivity index (χ2n) is 5.34. The number of ether oxygens (including phenoxy) is 1. The van der Waals surface area contributed by atoms with Gasteiger partial charge in [0.1, 0.15) is 5.75 Å². The molecule has 0 radical (unpaired) electrons. The highest BCUT2D eigenvalue weighted by Gasteiger charge is 2.29. The van der Waals surface area contributed by atoms with Crippen molar-refractivity contribution in [3.8, 4) is 5.75 Å². The number of hydrogen-bond donors (Lipinski definition) is 3. The standard InChI is InChI=1S/C16H26N2O3/c1-3-10-18-16(2,15(17)20)9-6-11-21-14-8-5-4-7-13(14)12-19/h4-5,7-8,18-19H,3,6,9-12H2,1-2H3,(H2,17,20). The quantitative estimate of drug-likeness (QED) is 0.572. The zero-order valence-corrected chi connectivity index (χ0v) is 12.9. The van der Waals surface area contributed by atoms with Gasteiger partial charge in [-0.15, -0.1) is 0 Å². The smallest absolute Gasteiger partial charge is 0.237 e. The van der Waals surface area contributed by atoms with Crippen LogP contribution in [0.15, 0.2) is 24.3 Å². The number of nitrogens with one attached hydrogen (secondary N) is 1. The molecule has 1 rings (SSSR count). The third-order valence-electron chi connectivity index (χ3n) is 3.53. The number of para-hydroxylation sites is 1. The Hall–Kier alpha value is -1.59. The third kappa shape index (κ3) is 5.36. The largest absolute Gasteiger partial charge is 0.493 e. The average molecular weight is 294 g/mol. The Labute approximate surface area is 126 Å². The van der Waals surface area contributed by atoms with E-state index in [1.165, 1.54) is 0 Å². The summed E-state index contributed by atoms with van der Waals surface area (Å²) in [5.41, 5.74) is 5.54. The Morgan fingerprint density at radius 3 is 2.76 bits per heavy atom. The van der Waals surface area contributed by atoms with Crippen LogP contribution in [-0.2, 0) is 11.4 Å². The van der Waals surface area contributed by atoms with Crippen molar-refractivity contribution in [2.75, 3.05) is 13.2 Å². The Morgan fingerprint density at radius 1 is 1.43 bits per heavy atom. The summed E-state index contributed by atoms with van der Waals surface area (Å²) in [5.74, 6) is 0.342. The lowest BCUT2D eigenvalue weighted by Gasteiger charge is -2.27. The minimum atomic E-state index is -0.699. The van der Waals surface area contributed by atoms with Gasteiger partial charge >= 0.3 is 0 Å². The topological polar surface area (TPSA) is 84.6 Å². The fraction of sp³-hybridized carbons (Fsp3) is 0.562. The van der Waals surface area contributed by atoms with E-state index in [9.17, 15) is 9.90 Å². The van der Waals surface area contributed by atoms with E-state index in [1.807, 2.05) is 38.1 Å². The van der Waals surface area contributed by atoms with E-state index in [1.54, 1.807) is 0 Å². The summed E-state index contributed by atoms with van der Waals surface area (Å²) in [6, 6.07) is 7.38. The van der Waals surface area contributed by atoms with E-state index in [4.69, 9.17) is 10.5 Å². The molecule has 0 saturated heterocycles. The Balaban J connectivity index is 2.46. The summed E-state index contributed by atoms with van der Waals surface area (Å²) >= 11 is 0. The SMILES string of the molecule is CCCNC(C)(CCCOc1ccccc1CO)C(N)=O. The van der Waals surface area contributed by atoms with E-state index in [0.29, 0.717) is 25.2 Å². The number of primary amides is 1. The van der Waals surface area contributed by atoms with Crippen molar-refractivity contribution in [1.82, 2.24) is 5.32 Å². The molecule has 0 spiro atoms. The first kappa shape index (κ1) is 17.5. The molecule has 0 bridgehead atoms. The highest BCUT2D eigenvalue weighted by Crippen LogP contribution is 2.19. The molecule has 4 N–H and O–H groups in total. The first-order valence-corrected chi connectivity index (χ1v) is 7.40. The van der Waals surface area contributed by atoms with Gasteiger partial charge in [0, 0.05) is 5.56 Å². The third-order valence-corrected chi connectivity index (χ3v) is 3.53. The molecule has 0 aromatic heterocycles. The first-order valence-electron chi connectivity index (χ1n) is 7.40. The molecule has 0 fully saturated rings. The predicted molar refractivity (Wildman–Crippen MR) is 83.0 cm³/mol. The van der Waals surface area contributed by atoms with Crippen molar-refractivity contribution in [2.45, 2.75) is 45.3 Å². The Morgan fingerprint density at radius 2 is 2.14 bits per heavy atom. The minimum absolute atomic E-state index is 0.0484. The first-order chi connectivity index (χ1) is 10.0. The van der Waals surface area contributed by atoms with Crippen LogP contribution in [0.4, 0.5) is 0 Å². The molecule has 118 valence electrons. The number of carbonyl (C=O) groups excluding carboxylic acids is 1. The van der Waals surface area contributed by atoms with E-state index < -0.39 is 5.54 Å². The molecular formula is C16H26N2O3. The molecule has 0 aliphatic rings. The van der Waals surface area contributed by atoms with Crippen LogP contribution in [0, 0.1) is 0 Å². The van der Waals surface area contributed by atoms with E-state index in [-0.39, 0.29) is 12.5 Å². The molecule has 1 atom stereocenters. The van der Waals surface area contributed by atoms with Crippen LogP contribution in [0.25, 0.3) is 0 Å². The van der Waals surface area contributed by atoms with E-state index in [2.05, 4.69) is 5.32 Å². The maximum Gasteiger partial charge on any atom is 0.237 e. The normalized spacial score (nSPS) is 13.7. The number of aliphatic hydroxyl groups is 1. The van der Waals surface area contributed by atoms with Crippen molar-refractivity contribution < 1.29 is 14.6 Å². The molecule has 0 aliphatic heterocycles. The molecule has 0 heterocycles. The van der Waals surface area contributed by atoms with Gasteiger partial charge < -0.3 is 20.9 Å². The van der Waals surface area contributed by atoms with Gasteiger partial charge in [0.15, 0.2) is 0 Å². The summed E-state index contributed by atoms with van der Waals surface area (Å²) in [6.07, 6.45) is 2.27. The molecule has 1 unspecified atom stereocenters. The van der Waals surface area contributed by atoms with Crippen molar-refractivity contribution in [2.24, 2.45) is 5.73 Å². The van der Waals surface area contributed by atoms with Gasteiger partial charge in [0.25, 0.3) is 0 Å². The highest BCUT2D eigenvalue weighted by atomic mass is 16.5. The summed E-state index contributed by atoms with van der Waals surface area (Å²) in [5, 5.41) is 12.4. The molecular weight excluding hydrogens is 268 g/mol. The van der Waals surface area contributed by atoms with Gasteiger partial charge in [-0.2, -0.15) is 0 Å². The van der Waals surface area contributed by atoms with Crippen LogP contribution in [-0.4, -0.2) is 29.7 Å². The van der Waals surface area contributed by atoms with Crippen LogP contribution in [0.1, 0.15) is 38.7 Å². The molecule has 0 aliphatic carbocycles. The molecule has 21 heavy (non-hydrogen) atoms. The number of carbonyl (C=O) groups is 1. The lowest BCUT2D eigenvalue weighted by Crippen LogP contribution is -2.53. The van der Waals surface area contributed by atoms with E-state index >= 15 is 0 Å². The van der Waals surface area contributed by atoms with Crippen molar-refractivity contribution in [1.29, 1.82) is 0 Å². The second kappa shape index (κ2) is 8.64. The number of nitrogens with two attached hydrogens (primary N) is 1. The molecule has 5 nitrogen and oxygen atoms in total. The van der Waals surface area contributed by atoms with Gasteiger partial charge in [-0.1, -0.05) is 25.1 Å². The molecule has 1 aromatic carbocycles. The van der Waals surface area contributed by atoms with Gasteiger partial charge in [-0.05, 0) is 38.8 Å². The van der Waals surface area contributed by atoms with Crippen LogP contribution in [0.3, 0.4) is 0 Å². The minimum Gasteiger partial charge on any atom is -0.493 e. The highest BCUT2D eigenvalue weighted by molar-refractivity contribution is 5.84. The lowest BCUT2D eigenvalue weighted by molar-refractivity contribution is -0.124. The summed E-state index contributed by atoms with van der Waals surface area (Å²) in [6.45, 7) is 5.06. The Kier molecular flexibility index (Phi) is 7.19. The predicted octanol–water partition coefficient (Wildman–Crippen LogP) is 1.58.